The number of carbonyl (C=O) groups excluding carboxylic acids is 2. The molecule has 2 aromatic heterocycles. The molecule has 0 unspecified atom stereocenters. The van der Waals surface area contributed by atoms with Gasteiger partial charge in [-0.15, -0.1) is 11.3 Å². The van der Waals surface area contributed by atoms with E-state index in [0.29, 0.717) is 5.76 Å². The van der Waals surface area contributed by atoms with E-state index in [1.807, 2.05) is 17.5 Å². The highest BCUT2D eigenvalue weighted by atomic mass is 32.1. The van der Waals surface area contributed by atoms with Gasteiger partial charge < -0.3 is 8.84 Å². The molecular formula is C19H26N2O4SSi. The summed E-state index contributed by atoms with van der Waals surface area (Å²) >= 11 is 1.45. The first-order chi connectivity index (χ1) is 13.0. The van der Waals surface area contributed by atoms with Crippen LogP contribution in [0.2, 0.25) is 18.1 Å². The minimum Gasteiger partial charge on any atom is -0.467 e. The lowest BCUT2D eigenvalue weighted by atomic mass is 9.96. The number of hydrogen-bond donors (Lipinski definition) is 0. The number of furan rings is 1. The quantitative estimate of drug-likeness (QED) is 0.486. The molecule has 0 bridgehead atoms. The average molecular weight is 407 g/mol. The largest absolute Gasteiger partial charge is 0.467 e. The Balaban J connectivity index is 1.87. The second-order valence-electron chi connectivity index (χ2n) is 6.74. The molecule has 0 spiro atoms. The first-order valence-electron chi connectivity index (χ1n) is 9.33. The van der Waals surface area contributed by atoms with Gasteiger partial charge in [0.2, 0.25) is 0 Å². The van der Waals surface area contributed by atoms with E-state index in [2.05, 4.69) is 20.8 Å². The van der Waals surface area contributed by atoms with Crippen LogP contribution in [0.5, 0.6) is 0 Å². The highest BCUT2D eigenvalue weighted by Crippen LogP contribution is 2.41. The molecule has 1 fully saturated rings. The van der Waals surface area contributed by atoms with Crippen LogP contribution in [0.15, 0.2) is 40.3 Å². The Morgan fingerprint density at radius 2 is 1.96 bits per heavy atom. The normalized spacial score (nSPS) is 19.9. The van der Waals surface area contributed by atoms with Crippen molar-refractivity contribution in [2.75, 3.05) is 11.9 Å². The highest BCUT2D eigenvalue weighted by Gasteiger charge is 2.56. The lowest BCUT2D eigenvalue weighted by Gasteiger charge is -2.48. The molecule has 0 aliphatic carbocycles. The zero-order chi connectivity index (χ0) is 19.6. The number of anilines is 1. The third-order valence-electron chi connectivity index (χ3n) is 5.52. The second-order valence-corrected chi connectivity index (χ2v) is 12.4. The van der Waals surface area contributed by atoms with Crippen molar-refractivity contribution in [3.63, 3.8) is 0 Å². The van der Waals surface area contributed by atoms with E-state index in [9.17, 15) is 9.59 Å². The van der Waals surface area contributed by atoms with E-state index < -0.39 is 20.5 Å². The number of urea groups is 1. The molecular weight excluding hydrogens is 380 g/mol. The molecule has 1 saturated heterocycles. The molecule has 146 valence electrons. The van der Waals surface area contributed by atoms with Crippen LogP contribution < -0.4 is 4.90 Å². The van der Waals surface area contributed by atoms with Gasteiger partial charge in [0, 0.05) is 7.05 Å². The molecule has 3 amide bonds. The fourth-order valence-electron chi connectivity index (χ4n) is 3.51. The number of hydrogen-bond acceptors (Lipinski definition) is 5. The van der Waals surface area contributed by atoms with Crippen molar-refractivity contribution < 1.29 is 18.4 Å². The Hall–Kier alpha value is -1.90. The molecule has 1 aliphatic rings. The van der Waals surface area contributed by atoms with Crippen molar-refractivity contribution in [3.8, 4) is 0 Å². The topological polar surface area (TPSA) is 63.0 Å². The molecule has 3 rings (SSSR count). The molecule has 1 aliphatic heterocycles. The molecule has 8 heteroatoms. The third kappa shape index (κ3) is 3.49. The standard InChI is InChI=1S/C19H26N2O4SSi/c1-5-27(6-2,7-3)25-17-16(14-10-8-12-24-14)21(18(17)22)19(23)20(4)15-11-9-13-26-15/h8-13,16-17H,5-7H2,1-4H3/t16-,17+/m1/s1. The van der Waals surface area contributed by atoms with Gasteiger partial charge in [0.05, 0.1) is 11.3 Å². The molecule has 0 N–H and O–H groups in total. The number of imide groups is 1. The summed E-state index contributed by atoms with van der Waals surface area (Å²) in [4.78, 5) is 28.7. The number of nitrogens with zero attached hydrogens (tertiary/aromatic N) is 2. The van der Waals surface area contributed by atoms with Gasteiger partial charge >= 0.3 is 6.03 Å². The minimum atomic E-state index is -2.00. The van der Waals surface area contributed by atoms with E-state index in [4.69, 9.17) is 8.84 Å². The number of rotatable bonds is 7. The summed E-state index contributed by atoms with van der Waals surface area (Å²) < 4.78 is 12.0. The van der Waals surface area contributed by atoms with E-state index in [-0.39, 0.29) is 11.9 Å². The van der Waals surface area contributed by atoms with Crippen LogP contribution in [0, 0.1) is 0 Å². The van der Waals surface area contributed by atoms with Gasteiger partial charge in [-0.1, -0.05) is 20.8 Å². The SMILES string of the molecule is CC[Si](CC)(CC)O[C@@H]1C(=O)N(C(=O)N(C)c2cccs2)[C@@H]1c1ccco1. The van der Waals surface area contributed by atoms with Crippen LogP contribution in [0.1, 0.15) is 32.6 Å². The predicted octanol–water partition coefficient (Wildman–Crippen LogP) is 4.87. The average Bonchev–Trinajstić information content (AvgIpc) is 3.40. The maximum atomic E-state index is 13.0. The third-order valence-corrected chi connectivity index (χ3v) is 11.1. The smallest absolute Gasteiger partial charge is 0.332 e. The van der Waals surface area contributed by atoms with Crippen LogP contribution in [0.3, 0.4) is 0 Å². The van der Waals surface area contributed by atoms with E-state index in [0.717, 1.165) is 23.1 Å². The molecule has 3 heterocycles. The Bertz CT molecular complexity index is 765. The summed E-state index contributed by atoms with van der Waals surface area (Å²) in [5.74, 6) is 0.302. The van der Waals surface area contributed by atoms with E-state index >= 15 is 0 Å². The van der Waals surface area contributed by atoms with Gasteiger partial charge in [-0.25, -0.2) is 9.69 Å². The summed E-state index contributed by atoms with van der Waals surface area (Å²) in [6.07, 6.45) is 0.911. The molecule has 27 heavy (non-hydrogen) atoms. The van der Waals surface area contributed by atoms with E-state index in [1.165, 1.54) is 21.1 Å². The second kappa shape index (κ2) is 8.00. The van der Waals surface area contributed by atoms with Crippen LogP contribution in [-0.4, -0.2) is 38.3 Å². The Morgan fingerprint density at radius 1 is 1.26 bits per heavy atom. The predicted molar refractivity (Wildman–Crippen MR) is 108 cm³/mol. The molecule has 6 nitrogen and oxygen atoms in total. The zero-order valence-electron chi connectivity index (χ0n) is 16.2. The number of β-lactam (4-membered cyclic amide) rings is 1. The zero-order valence-corrected chi connectivity index (χ0v) is 18.0. The van der Waals surface area contributed by atoms with Crippen molar-refractivity contribution in [2.24, 2.45) is 0 Å². The number of amides is 3. The van der Waals surface area contributed by atoms with Crippen molar-refractivity contribution >= 4 is 36.6 Å². The van der Waals surface area contributed by atoms with E-state index in [1.54, 1.807) is 25.4 Å². The summed E-state index contributed by atoms with van der Waals surface area (Å²) in [5.41, 5.74) is 0. The fraction of sp³-hybridized carbons (Fsp3) is 0.474. The highest BCUT2D eigenvalue weighted by molar-refractivity contribution is 7.14. The van der Waals surface area contributed by atoms with Crippen molar-refractivity contribution in [2.45, 2.75) is 51.0 Å². The summed E-state index contributed by atoms with van der Waals surface area (Å²) in [7, 11) is -0.324. The summed E-state index contributed by atoms with van der Waals surface area (Å²) in [6.45, 7) is 6.37. The van der Waals surface area contributed by atoms with Gasteiger partial charge in [-0.3, -0.25) is 9.69 Å². The van der Waals surface area contributed by atoms with Crippen molar-refractivity contribution in [1.82, 2.24) is 4.90 Å². The monoisotopic (exact) mass is 406 g/mol. The number of thiophene rings is 1. The van der Waals surface area contributed by atoms with Gasteiger partial charge in [0.15, 0.2) is 14.4 Å². The van der Waals surface area contributed by atoms with Gasteiger partial charge in [-0.05, 0) is 47.8 Å². The van der Waals surface area contributed by atoms with Gasteiger partial charge in [0.1, 0.15) is 11.8 Å². The van der Waals surface area contributed by atoms with Crippen LogP contribution in [0.4, 0.5) is 9.80 Å². The molecule has 2 aromatic rings. The molecule has 0 saturated carbocycles. The fourth-order valence-corrected chi connectivity index (χ4v) is 6.97. The number of likely N-dealkylation sites (tertiary alicyclic amines) is 1. The summed E-state index contributed by atoms with van der Waals surface area (Å²) in [6, 6.07) is 9.25. The maximum Gasteiger partial charge on any atom is 0.332 e. The van der Waals surface area contributed by atoms with Gasteiger partial charge in [-0.2, -0.15) is 0 Å². The lowest BCUT2D eigenvalue weighted by molar-refractivity contribution is -0.159. The van der Waals surface area contributed by atoms with Gasteiger partial charge in [0.25, 0.3) is 5.91 Å². The number of carbonyl (C=O) groups is 2. The van der Waals surface area contributed by atoms with Crippen LogP contribution in [0.25, 0.3) is 0 Å². The maximum absolute atomic E-state index is 13.0. The van der Waals surface area contributed by atoms with Crippen LogP contribution in [-0.2, 0) is 9.22 Å². The van der Waals surface area contributed by atoms with Crippen molar-refractivity contribution in [1.29, 1.82) is 0 Å². The molecule has 0 radical (unpaired) electrons. The minimum absolute atomic E-state index is 0.281. The molecule has 0 aromatic carbocycles. The first-order valence-corrected chi connectivity index (χ1v) is 12.7. The Labute approximate surface area is 164 Å². The first kappa shape index (κ1) is 19.8. The lowest BCUT2D eigenvalue weighted by Crippen LogP contribution is -2.66. The Kier molecular flexibility index (Phi) is 5.88. The Morgan fingerprint density at radius 3 is 2.48 bits per heavy atom. The molecule has 2 atom stereocenters. The van der Waals surface area contributed by atoms with Crippen LogP contribution >= 0.6 is 11.3 Å². The van der Waals surface area contributed by atoms with Crippen molar-refractivity contribution in [3.05, 3.63) is 41.7 Å². The summed E-state index contributed by atoms with van der Waals surface area (Å²) in [5, 5.41) is 2.69.